The second-order valence-corrected chi connectivity index (χ2v) is 2.65. The summed E-state index contributed by atoms with van der Waals surface area (Å²) in [5, 5.41) is 10.2. The summed E-state index contributed by atoms with van der Waals surface area (Å²) in [5.41, 5.74) is 0.950. The molecule has 0 aliphatic carbocycles. The van der Waals surface area contributed by atoms with Gasteiger partial charge in [-0.3, -0.25) is 10.1 Å². The van der Waals surface area contributed by atoms with Crippen LogP contribution < -0.4 is 0 Å². The summed E-state index contributed by atoms with van der Waals surface area (Å²) < 4.78 is 0. The summed E-state index contributed by atoms with van der Waals surface area (Å²) in [6.07, 6.45) is 0. The van der Waals surface area contributed by atoms with Crippen LogP contribution in [0.15, 0.2) is 23.1 Å². The zero-order chi connectivity index (χ0) is 8.43. The van der Waals surface area contributed by atoms with Gasteiger partial charge in [-0.1, -0.05) is 18.7 Å². The first-order valence-electron chi connectivity index (χ1n) is 3.03. The third-order valence-electron chi connectivity index (χ3n) is 1.38. The van der Waals surface area contributed by atoms with E-state index in [1.807, 2.05) is 6.92 Å². The molecule has 1 rings (SSSR count). The molecule has 0 heterocycles. The molecule has 3 nitrogen and oxygen atoms in total. The largest absolute Gasteiger partial charge is 0.270 e. The highest BCUT2D eigenvalue weighted by atomic mass is 32.1. The van der Waals surface area contributed by atoms with E-state index in [9.17, 15) is 10.1 Å². The quantitative estimate of drug-likeness (QED) is 0.477. The fourth-order valence-electron chi connectivity index (χ4n) is 0.702. The van der Waals surface area contributed by atoms with Crippen LogP contribution in [-0.4, -0.2) is 4.92 Å². The minimum Gasteiger partial charge on any atom is -0.258 e. The van der Waals surface area contributed by atoms with Gasteiger partial charge in [0.25, 0.3) is 5.69 Å². The summed E-state index contributed by atoms with van der Waals surface area (Å²) in [6.45, 7) is 1.83. The lowest BCUT2D eigenvalue weighted by molar-refractivity contribution is -0.385. The van der Waals surface area contributed by atoms with Gasteiger partial charge >= 0.3 is 0 Å². The molecular weight excluding hydrogens is 162 g/mol. The van der Waals surface area contributed by atoms with Gasteiger partial charge in [0.2, 0.25) is 0 Å². The van der Waals surface area contributed by atoms with Crippen molar-refractivity contribution in [3.63, 3.8) is 0 Å². The van der Waals surface area contributed by atoms with E-state index in [0.717, 1.165) is 5.56 Å². The van der Waals surface area contributed by atoms with Gasteiger partial charge in [0, 0.05) is 17.0 Å². The zero-order valence-electron chi connectivity index (χ0n) is 5.90. The van der Waals surface area contributed by atoms with Gasteiger partial charge in [0.15, 0.2) is 0 Å². The van der Waals surface area contributed by atoms with Gasteiger partial charge in [-0.05, 0) is 12.5 Å². The number of non-ortho nitro benzene ring substituents is 1. The number of hydrogen-bond acceptors (Lipinski definition) is 2. The van der Waals surface area contributed by atoms with Crippen molar-refractivity contribution in [2.24, 2.45) is 0 Å². The molecule has 4 heteroatoms. The lowest BCUT2D eigenvalue weighted by atomic mass is 10.2. The number of benzene rings is 1. The molecule has 0 aliphatic heterocycles. The van der Waals surface area contributed by atoms with Gasteiger partial charge in [-0.2, -0.15) is 0 Å². The molecule has 0 N–H and O–H groups in total. The van der Waals surface area contributed by atoms with Crippen LogP contribution >= 0.6 is 12.6 Å². The SMILES string of the molecule is Cc1ccc([N+](=O)[O-])cc1[S]. The molecule has 1 aromatic rings. The monoisotopic (exact) mass is 168 g/mol. The highest BCUT2D eigenvalue weighted by Crippen LogP contribution is 2.19. The van der Waals surface area contributed by atoms with Crippen molar-refractivity contribution in [2.75, 3.05) is 0 Å². The molecule has 1 radical (unpaired) electrons. The summed E-state index contributed by atoms with van der Waals surface area (Å²) >= 11 is 4.86. The first-order chi connectivity index (χ1) is 5.11. The standard InChI is InChI=1S/C7H6NO2S/c1-5-2-3-6(8(9)10)4-7(5)11/h2-4H,1H3. The van der Waals surface area contributed by atoms with E-state index in [-0.39, 0.29) is 5.69 Å². The van der Waals surface area contributed by atoms with Gasteiger partial charge in [0.05, 0.1) is 4.92 Å². The second-order valence-electron chi connectivity index (χ2n) is 2.21. The Morgan fingerprint density at radius 2 is 2.18 bits per heavy atom. The number of nitro groups is 1. The molecular formula is C7H6NO2S. The van der Waals surface area contributed by atoms with Crippen molar-refractivity contribution < 1.29 is 4.92 Å². The first kappa shape index (κ1) is 7.94. The molecule has 0 unspecified atom stereocenters. The van der Waals surface area contributed by atoms with Crippen LogP contribution in [0.25, 0.3) is 0 Å². The predicted octanol–water partition coefficient (Wildman–Crippen LogP) is 2.46. The number of nitrogens with zero attached hydrogens (tertiary/aromatic N) is 1. The van der Waals surface area contributed by atoms with Gasteiger partial charge in [0.1, 0.15) is 0 Å². The summed E-state index contributed by atoms with van der Waals surface area (Å²) in [4.78, 5) is 10.3. The Labute approximate surface area is 69.6 Å². The van der Waals surface area contributed by atoms with Gasteiger partial charge in [-0.25, -0.2) is 0 Å². The third kappa shape index (κ3) is 1.65. The number of nitro benzene ring substituents is 1. The zero-order valence-corrected chi connectivity index (χ0v) is 6.72. The third-order valence-corrected chi connectivity index (χ3v) is 1.82. The minimum absolute atomic E-state index is 0.0561. The fraction of sp³-hybridized carbons (Fsp3) is 0.143. The summed E-state index contributed by atoms with van der Waals surface area (Å²) in [5.74, 6) is 0. The van der Waals surface area contributed by atoms with Crippen molar-refractivity contribution >= 4 is 18.3 Å². The topological polar surface area (TPSA) is 43.1 Å². The van der Waals surface area contributed by atoms with Crippen molar-refractivity contribution in [2.45, 2.75) is 11.8 Å². The highest BCUT2D eigenvalue weighted by Gasteiger charge is 2.05. The van der Waals surface area contributed by atoms with Crippen molar-refractivity contribution in [3.8, 4) is 0 Å². The fourth-order valence-corrected chi connectivity index (χ4v) is 0.891. The smallest absolute Gasteiger partial charge is 0.258 e. The Hall–Kier alpha value is -1.16. The predicted molar refractivity (Wildman–Crippen MR) is 43.7 cm³/mol. The van der Waals surface area contributed by atoms with Crippen LogP contribution in [0.1, 0.15) is 5.56 Å². The van der Waals surface area contributed by atoms with Crippen LogP contribution in [0.5, 0.6) is 0 Å². The van der Waals surface area contributed by atoms with Crippen LogP contribution in [0.4, 0.5) is 5.69 Å². The van der Waals surface area contributed by atoms with E-state index >= 15 is 0 Å². The van der Waals surface area contributed by atoms with E-state index in [1.165, 1.54) is 12.1 Å². The van der Waals surface area contributed by atoms with Crippen LogP contribution in [0, 0.1) is 17.0 Å². The lowest BCUT2D eigenvalue weighted by Crippen LogP contribution is -1.87. The molecule has 57 valence electrons. The number of aryl methyl sites for hydroxylation is 1. The number of hydrogen-bond donors (Lipinski definition) is 0. The first-order valence-corrected chi connectivity index (χ1v) is 3.44. The Kier molecular flexibility index (Phi) is 2.05. The second kappa shape index (κ2) is 2.84. The molecule has 0 aliphatic rings. The maximum Gasteiger partial charge on any atom is 0.270 e. The molecule has 0 saturated heterocycles. The molecule has 0 spiro atoms. The van der Waals surface area contributed by atoms with Crippen molar-refractivity contribution in [3.05, 3.63) is 33.9 Å². The van der Waals surface area contributed by atoms with Crippen LogP contribution in [-0.2, 0) is 0 Å². The van der Waals surface area contributed by atoms with Crippen LogP contribution in [0.3, 0.4) is 0 Å². The molecule has 0 saturated carbocycles. The molecule has 1 aromatic carbocycles. The van der Waals surface area contributed by atoms with Gasteiger partial charge < -0.3 is 0 Å². The minimum atomic E-state index is -0.449. The molecule has 0 amide bonds. The van der Waals surface area contributed by atoms with E-state index in [0.29, 0.717) is 4.90 Å². The normalized spacial score (nSPS) is 9.55. The Bertz CT molecular complexity index is 298. The molecule has 0 atom stereocenters. The van der Waals surface area contributed by atoms with E-state index in [2.05, 4.69) is 0 Å². The van der Waals surface area contributed by atoms with E-state index in [1.54, 1.807) is 6.07 Å². The average Bonchev–Trinajstić information content (AvgIpc) is 1.94. The maximum absolute atomic E-state index is 10.2. The average molecular weight is 168 g/mol. The van der Waals surface area contributed by atoms with Crippen LogP contribution in [0.2, 0.25) is 0 Å². The van der Waals surface area contributed by atoms with Crippen molar-refractivity contribution in [1.82, 2.24) is 0 Å². The number of rotatable bonds is 1. The summed E-state index contributed by atoms with van der Waals surface area (Å²) in [7, 11) is 0. The molecule has 0 fully saturated rings. The highest BCUT2D eigenvalue weighted by molar-refractivity contribution is 7.80. The van der Waals surface area contributed by atoms with Gasteiger partial charge in [-0.15, -0.1) is 0 Å². The molecule has 11 heavy (non-hydrogen) atoms. The van der Waals surface area contributed by atoms with Crippen molar-refractivity contribution in [1.29, 1.82) is 0 Å². The van der Waals surface area contributed by atoms with E-state index in [4.69, 9.17) is 12.6 Å². The Balaban J connectivity index is 3.15. The van der Waals surface area contributed by atoms with E-state index < -0.39 is 4.92 Å². The Morgan fingerprint density at radius 3 is 2.64 bits per heavy atom. The summed E-state index contributed by atoms with van der Waals surface area (Å²) in [6, 6.07) is 4.50. The Morgan fingerprint density at radius 1 is 1.55 bits per heavy atom. The lowest BCUT2D eigenvalue weighted by Gasteiger charge is -1.95. The maximum atomic E-state index is 10.2. The molecule has 0 bridgehead atoms. The molecule has 0 aromatic heterocycles.